The van der Waals surface area contributed by atoms with E-state index in [0.717, 1.165) is 5.57 Å². The standard InChI is InChI=1S/C9H16O.C2H4/c1-6-8(7(2)10)9(3,4)5;1-2/h6,10H,2H2,1,3-5H3;1-2H2/b8-6+;. The first-order valence-corrected chi connectivity index (χ1v) is 3.94. The molecule has 0 saturated heterocycles. The van der Waals surface area contributed by atoms with Gasteiger partial charge in [-0.1, -0.05) is 33.4 Å². The molecule has 1 heteroatoms. The van der Waals surface area contributed by atoms with E-state index in [1.807, 2.05) is 33.8 Å². The minimum absolute atomic E-state index is 0.000579. The van der Waals surface area contributed by atoms with Crippen LogP contribution >= 0.6 is 0 Å². The summed E-state index contributed by atoms with van der Waals surface area (Å²) in [5, 5.41) is 9.09. The van der Waals surface area contributed by atoms with Gasteiger partial charge < -0.3 is 5.11 Å². The molecule has 0 aliphatic carbocycles. The average molecular weight is 168 g/mol. The Morgan fingerprint density at radius 3 is 1.58 bits per heavy atom. The average Bonchev–Trinajstić information content (AvgIpc) is 1.89. The van der Waals surface area contributed by atoms with Crippen molar-refractivity contribution in [3.05, 3.63) is 37.1 Å². The maximum Gasteiger partial charge on any atom is 0.111 e. The molecule has 0 heterocycles. The van der Waals surface area contributed by atoms with E-state index in [0.29, 0.717) is 0 Å². The molecule has 0 aromatic rings. The van der Waals surface area contributed by atoms with E-state index in [9.17, 15) is 0 Å². The van der Waals surface area contributed by atoms with Gasteiger partial charge in [-0.05, 0) is 17.9 Å². The summed E-state index contributed by atoms with van der Waals surface area (Å²) >= 11 is 0. The number of aliphatic hydroxyl groups excluding tert-OH is 1. The predicted molar refractivity (Wildman–Crippen MR) is 56.2 cm³/mol. The maximum atomic E-state index is 9.09. The molecule has 0 rings (SSSR count). The largest absolute Gasteiger partial charge is 0.508 e. The van der Waals surface area contributed by atoms with Crippen LogP contribution in [0.1, 0.15) is 27.7 Å². The maximum absolute atomic E-state index is 9.09. The molecular formula is C11H20O. The highest BCUT2D eigenvalue weighted by molar-refractivity contribution is 5.26. The molecule has 0 unspecified atom stereocenters. The molecule has 0 aliphatic heterocycles. The van der Waals surface area contributed by atoms with Crippen LogP contribution < -0.4 is 0 Å². The number of rotatable bonds is 1. The monoisotopic (exact) mass is 168 g/mol. The second-order valence-corrected chi connectivity index (χ2v) is 3.40. The molecule has 0 amide bonds. The van der Waals surface area contributed by atoms with Crippen LogP contribution in [0.3, 0.4) is 0 Å². The summed E-state index contributed by atoms with van der Waals surface area (Å²) in [7, 11) is 0. The van der Waals surface area contributed by atoms with Crippen LogP contribution in [-0.4, -0.2) is 5.11 Å². The van der Waals surface area contributed by atoms with Crippen molar-refractivity contribution >= 4 is 0 Å². The smallest absolute Gasteiger partial charge is 0.111 e. The van der Waals surface area contributed by atoms with Crippen molar-refractivity contribution in [2.75, 3.05) is 0 Å². The summed E-state index contributed by atoms with van der Waals surface area (Å²) in [5.41, 5.74) is 0.910. The second-order valence-electron chi connectivity index (χ2n) is 3.40. The molecule has 0 fully saturated rings. The van der Waals surface area contributed by atoms with E-state index in [4.69, 9.17) is 5.11 Å². The van der Waals surface area contributed by atoms with Crippen molar-refractivity contribution in [2.45, 2.75) is 27.7 Å². The predicted octanol–water partition coefficient (Wildman–Crippen LogP) is 3.85. The van der Waals surface area contributed by atoms with Gasteiger partial charge in [0.1, 0.15) is 5.76 Å². The van der Waals surface area contributed by atoms with Gasteiger partial charge >= 0.3 is 0 Å². The molecule has 0 radical (unpaired) electrons. The number of allylic oxidation sites excluding steroid dienone is 2. The summed E-state index contributed by atoms with van der Waals surface area (Å²) < 4.78 is 0. The van der Waals surface area contributed by atoms with Gasteiger partial charge in [-0.15, -0.1) is 13.2 Å². The van der Waals surface area contributed by atoms with Gasteiger partial charge in [0.05, 0.1) is 0 Å². The van der Waals surface area contributed by atoms with Gasteiger partial charge in [-0.3, -0.25) is 0 Å². The molecule has 0 bridgehead atoms. The molecule has 0 atom stereocenters. The van der Waals surface area contributed by atoms with E-state index < -0.39 is 0 Å². The summed E-state index contributed by atoms with van der Waals surface area (Å²) in [4.78, 5) is 0. The summed E-state index contributed by atoms with van der Waals surface area (Å²) in [5.74, 6) is 0.176. The Morgan fingerprint density at radius 1 is 1.25 bits per heavy atom. The highest BCUT2D eigenvalue weighted by atomic mass is 16.3. The fourth-order valence-electron chi connectivity index (χ4n) is 1.03. The van der Waals surface area contributed by atoms with E-state index in [-0.39, 0.29) is 11.2 Å². The van der Waals surface area contributed by atoms with E-state index in [1.165, 1.54) is 0 Å². The molecule has 12 heavy (non-hydrogen) atoms. The van der Waals surface area contributed by atoms with Gasteiger partial charge in [0.25, 0.3) is 0 Å². The zero-order valence-electron chi connectivity index (χ0n) is 8.65. The van der Waals surface area contributed by atoms with Gasteiger partial charge in [0.2, 0.25) is 0 Å². The second kappa shape index (κ2) is 5.64. The quantitative estimate of drug-likeness (QED) is 0.358. The van der Waals surface area contributed by atoms with Crippen molar-refractivity contribution in [2.24, 2.45) is 5.41 Å². The lowest BCUT2D eigenvalue weighted by atomic mass is 9.85. The molecule has 70 valence electrons. The highest BCUT2D eigenvalue weighted by Gasteiger charge is 2.17. The third kappa shape index (κ3) is 4.78. The molecule has 1 N–H and O–H groups in total. The van der Waals surface area contributed by atoms with E-state index in [1.54, 1.807) is 0 Å². The van der Waals surface area contributed by atoms with Gasteiger partial charge in [0, 0.05) is 0 Å². The Bertz CT molecular complexity index is 170. The van der Waals surface area contributed by atoms with Crippen molar-refractivity contribution in [3.8, 4) is 0 Å². The van der Waals surface area contributed by atoms with Crippen molar-refractivity contribution in [1.29, 1.82) is 0 Å². The lowest BCUT2D eigenvalue weighted by molar-refractivity contribution is 0.381. The Labute approximate surface area is 76.1 Å². The zero-order chi connectivity index (χ0) is 10.4. The fourth-order valence-corrected chi connectivity index (χ4v) is 1.03. The lowest BCUT2D eigenvalue weighted by Crippen LogP contribution is -2.10. The minimum Gasteiger partial charge on any atom is -0.508 e. The molecule has 0 aliphatic rings. The van der Waals surface area contributed by atoms with Crippen molar-refractivity contribution in [3.63, 3.8) is 0 Å². The summed E-state index contributed by atoms with van der Waals surface area (Å²) in [6, 6.07) is 0. The zero-order valence-corrected chi connectivity index (χ0v) is 8.65. The van der Waals surface area contributed by atoms with Gasteiger partial charge in [0.15, 0.2) is 0 Å². The Kier molecular flexibility index (Phi) is 6.39. The van der Waals surface area contributed by atoms with Crippen LogP contribution in [0.2, 0.25) is 0 Å². The first kappa shape index (κ1) is 13.6. The topological polar surface area (TPSA) is 20.2 Å². The Morgan fingerprint density at radius 2 is 1.58 bits per heavy atom. The first-order chi connectivity index (χ1) is 5.39. The van der Waals surface area contributed by atoms with Gasteiger partial charge in [-0.2, -0.15) is 0 Å². The first-order valence-electron chi connectivity index (χ1n) is 3.94. The molecule has 0 aromatic heterocycles. The van der Waals surface area contributed by atoms with Crippen LogP contribution in [-0.2, 0) is 0 Å². The van der Waals surface area contributed by atoms with Crippen molar-refractivity contribution < 1.29 is 5.11 Å². The van der Waals surface area contributed by atoms with Crippen LogP contribution in [0.25, 0.3) is 0 Å². The Hall–Kier alpha value is -0.980. The highest BCUT2D eigenvalue weighted by Crippen LogP contribution is 2.28. The van der Waals surface area contributed by atoms with Crippen LogP contribution in [0, 0.1) is 5.41 Å². The van der Waals surface area contributed by atoms with Crippen molar-refractivity contribution in [1.82, 2.24) is 0 Å². The molecule has 0 aromatic carbocycles. The summed E-state index contributed by atoms with van der Waals surface area (Å²) in [6.07, 6.45) is 1.89. The third-order valence-corrected chi connectivity index (χ3v) is 1.41. The minimum atomic E-state index is 0.000579. The van der Waals surface area contributed by atoms with Crippen LogP contribution in [0.4, 0.5) is 0 Å². The fraction of sp³-hybridized carbons (Fsp3) is 0.455. The van der Waals surface area contributed by atoms with Crippen LogP contribution in [0.15, 0.2) is 37.1 Å². The molecule has 0 saturated carbocycles. The SMILES string of the molecule is C=C.C=C(O)/C(=C\C)C(C)(C)C. The molecule has 0 spiro atoms. The molecule has 1 nitrogen and oxygen atoms in total. The number of hydrogen-bond donors (Lipinski definition) is 1. The lowest BCUT2D eigenvalue weighted by Gasteiger charge is -2.21. The van der Waals surface area contributed by atoms with Gasteiger partial charge in [-0.25, -0.2) is 0 Å². The summed E-state index contributed by atoms with van der Waals surface area (Å²) in [6.45, 7) is 17.5. The number of hydrogen-bond acceptors (Lipinski definition) is 1. The van der Waals surface area contributed by atoms with Crippen LogP contribution in [0.5, 0.6) is 0 Å². The normalized spacial score (nSPS) is 11.5. The third-order valence-electron chi connectivity index (χ3n) is 1.41. The molecular weight excluding hydrogens is 148 g/mol. The number of aliphatic hydroxyl groups is 1. The Balaban J connectivity index is 0. The van der Waals surface area contributed by atoms with E-state index in [2.05, 4.69) is 19.7 Å². The van der Waals surface area contributed by atoms with E-state index >= 15 is 0 Å².